The molecule has 1 aliphatic rings. The maximum absolute atomic E-state index is 12.9. The lowest BCUT2D eigenvalue weighted by Crippen LogP contribution is -2.45. The number of carbonyl (C=O) groups is 1. The molecule has 0 radical (unpaired) electrons. The Morgan fingerprint density at radius 1 is 1.36 bits per heavy atom. The molecule has 1 aromatic carbocycles. The molecule has 2 N–H and O–H groups in total. The summed E-state index contributed by atoms with van der Waals surface area (Å²) < 4.78 is 39.2. The molecule has 0 unspecified atom stereocenters. The summed E-state index contributed by atoms with van der Waals surface area (Å²) in [6, 6.07) is 5.87. The molecule has 25 heavy (non-hydrogen) atoms. The van der Waals surface area contributed by atoms with Crippen LogP contribution in [0.2, 0.25) is 0 Å². The number of aromatic amines is 1. The molecule has 1 aliphatic heterocycles. The van der Waals surface area contributed by atoms with E-state index in [9.17, 15) is 17.6 Å². The topological polar surface area (TPSA) is 95.2 Å². The van der Waals surface area contributed by atoms with Gasteiger partial charge in [-0.25, -0.2) is 17.8 Å². The minimum Gasteiger partial charge on any atom is -0.352 e. The smallest absolute Gasteiger partial charge is 0.260 e. The van der Waals surface area contributed by atoms with Crippen molar-refractivity contribution in [2.75, 3.05) is 13.1 Å². The van der Waals surface area contributed by atoms with Crippen molar-refractivity contribution in [1.29, 1.82) is 0 Å². The van der Waals surface area contributed by atoms with Gasteiger partial charge in [-0.05, 0) is 30.5 Å². The Morgan fingerprint density at radius 2 is 2.12 bits per heavy atom. The molecule has 0 aliphatic carbocycles. The van der Waals surface area contributed by atoms with Gasteiger partial charge in [-0.3, -0.25) is 4.79 Å². The number of rotatable bonds is 5. The molecule has 1 amide bonds. The predicted octanol–water partition coefficient (Wildman–Crippen LogP) is 1.27. The van der Waals surface area contributed by atoms with Gasteiger partial charge >= 0.3 is 0 Å². The van der Waals surface area contributed by atoms with Crippen molar-refractivity contribution in [2.45, 2.75) is 24.4 Å². The first kappa shape index (κ1) is 17.6. The van der Waals surface area contributed by atoms with Crippen molar-refractivity contribution in [2.24, 2.45) is 5.92 Å². The zero-order chi connectivity index (χ0) is 17.9. The fourth-order valence-corrected chi connectivity index (χ4v) is 4.25. The SMILES string of the molecule is O=C(NCc1ccc(F)cc1)[C@H]1CCCN(S(=O)(=O)c2cnc[nH]2)C1. The molecule has 7 nitrogen and oxygen atoms in total. The highest BCUT2D eigenvalue weighted by Gasteiger charge is 2.33. The van der Waals surface area contributed by atoms with Crippen LogP contribution in [0.3, 0.4) is 0 Å². The quantitative estimate of drug-likeness (QED) is 0.833. The number of imidazole rings is 1. The third kappa shape index (κ3) is 4.05. The van der Waals surface area contributed by atoms with E-state index >= 15 is 0 Å². The van der Waals surface area contributed by atoms with E-state index < -0.39 is 15.9 Å². The molecule has 0 bridgehead atoms. The third-order valence-corrected chi connectivity index (χ3v) is 6.02. The molecule has 2 heterocycles. The van der Waals surface area contributed by atoms with E-state index in [1.165, 1.54) is 29.0 Å². The molecule has 2 aromatic rings. The van der Waals surface area contributed by atoms with Gasteiger partial charge in [-0.15, -0.1) is 0 Å². The predicted molar refractivity (Wildman–Crippen MR) is 88.3 cm³/mol. The van der Waals surface area contributed by atoms with Crippen molar-refractivity contribution >= 4 is 15.9 Å². The zero-order valence-electron chi connectivity index (χ0n) is 13.5. The Morgan fingerprint density at radius 3 is 2.80 bits per heavy atom. The van der Waals surface area contributed by atoms with Gasteiger partial charge in [0.15, 0.2) is 5.03 Å². The number of aromatic nitrogens is 2. The van der Waals surface area contributed by atoms with Gasteiger partial charge < -0.3 is 10.3 Å². The van der Waals surface area contributed by atoms with Crippen LogP contribution < -0.4 is 5.32 Å². The molecule has 1 aromatic heterocycles. The van der Waals surface area contributed by atoms with Crippen LogP contribution in [-0.2, 0) is 21.4 Å². The first-order valence-electron chi connectivity index (χ1n) is 7.97. The van der Waals surface area contributed by atoms with Crippen molar-refractivity contribution in [3.8, 4) is 0 Å². The summed E-state index contributed by atoms with van der Waals surface area (Å²) in [4.78, 5) is 18.7. The lowest BCUT2D eigenvalue weighted by atomic mass is 9.99. The Labute approximate surface area is 145 Å². The molecular formula is C16H19FN4O3S. The molecular weight excluding hydrogens is 347 g/mol. The average molecular weight is 366 g/mol. The third-order valence-electron chi connectivity index (χ3n) is 4.23. The van der Waals surface area contributed by atoms with E-state index in [1.807, 2.05) is 0 Å². The summed E-state index contributed by atoms with van der Waals surface area (Å²) in [5, 5.41) is 2.82. The van der Waals surface area contributed by atoms with E-state index in [4.69, 9.17) is 0 Å². The standard InChI is InChI=1S/C16H19FN4O3S/c17-14-5-3-12(4-6-14)8-19-16(22)13-2-1-7-21(10-13)25(23,24)15-9-18-11-20-15/h3-6,9,11,13H,1-2,7-8,10H2,(H,18,20)(H,19,22)/t13-/m0/s1. The second kappa shape index (κ2) is 7.32. The summed E-state index contributed by atoms with van der Waals surface area (Å²) in [5.74, 6) is -0.942. The molecule has 0 saturated carbocycles. The van der Waals surface area contributed by atoms with E-state index in [-0.39, 0.29) is 29.8 Å². The molecule has 3 rings (SSSR count). The van der Waals surface area contributed by atoms with Gasteiger partial charge in [0.1, 0.15) is 5.82 Å². The number of nitrogens with zero attached hydrogens (tertiary/aromatic N) is 2. The number of amides is 1. The van der Waals surface area contributed by atoms with Gasteiger partial charge in [0.25, 0.3) is 10.0 Å². The largest absolute Gasteiger partial charge is 0.352 e. The normalized spacial score (nSPS) is 18.8. The van der Waals surface area contributed by atoms with Crippen LogP contribution in [0, 0.1) is 11.7 Å². The number of piperidine rings is 1. The van der Waals surface area contributed by atoms with Gasteiger partial charge in [0.05, 0.1) is 18.4 Å². The van der Waals surface area contributed by atoms with E-state index in [0.29, 0.717) is 19.4 Å². The van der Waals surface area contributed by atoms with Crippen molar-refractivity contribution in [1.82, 2.24) is 19.6 Å². The maximum atomic E-state index is 12.9. The van der Waals surface area contributed by atoms with E-state index in [1.54, 1.807) is 12.1 Å². The Hall–Kier alpha value is -2.26. The number of carbonyl (C=O) groups excluding carboxylic acids is 1. The summed E-state index contributed by atoms with van der Waals surface area (Å²) in [7, 11) is -3.66. The summed E-state index contributed by atoms with van der Waals surface area (Å²) in [5.41, 5.74) is 0.785. The van der Waals surface area contributed by atoms with Crippen LogP contribution in [0.25, 0.3) is 0 Å². The lowest BCUT2D eigenvalue weighted by Gasteiger charge is -2.30. The van der Waals surface area contributed by atoms with Gasteiger partial charge in [-0.1, -0.05) is 12.1 Å². The highest BCUT2D eigenvalue weighted by molar-refractivity contribution is 7.89. The van der Waals surface area contributed by atoms with Crippen LogP contribution in [0.15, 0.2) is 41.8 Å². The Balaban J connectivity index is 1.61. The van der Waals surface area contributed by atoms with Gasteiger partial charge in [0, 0.05) is 19.6 Å². The van der Waals surface area contributed by atoms with Crippen LogP contribution in [-0.4, -0.2) is 41.7 Å². The fraction of sp³-hybridized carbons (Fsp3) is 0.375. The van der Waals surface area contributed by atoms with Crippen molar-refractivity contribution in [3.05, 3.63) is 48.2 Å². The summed E-state index contributed by atoms with van der Waals surface area (Å²) in [6.45, 7) is 0.794. The van der Waals surface area contributed by atoms with Crippen LogP contribution in [0.4, 0.5) is 4.39 Å². The number of sulfonamides is 1. The number of hydrogen-bond donors (Lipinski definition) is 2. The second-order valence-corrected chi connectivity index (χ2v) is 7.87. The fourth-order valence-electron chi connectivity index (χ4n) is 2.83. The number of halogens is 1. The van der Waals surface area contributed by atoms with Crippen molar-refractivity contribution < 1.29 is 17.6 Å². The summed E-state index contributed by atoms with van der Waals surface area (Å²) >= 11 is 0. The van der Waals surface area contributed by atoms with E-state index in [2.05, 4.69) is 15.3 Å². The average Bonchev–Trinajstić information content (AvgIpc) is 3.16. The number of nitrogens with one attached hydrogen (secondary N) is 2. The minimum absolute atomic E-state index is 0.0277. The highest BCUT2D eigenvalue weighted by atomic mass is 32.2. The second-order valence-electron chi connectivity index (χ2n) is 5.96. The number of benzene rings is 1. The van der Waals surface area contributed by atoms with Crippen molar-refractivity contribution in [3.63, 3.8) is 0 Å². The van der Waals surface area contributed by atoms with Crippen LogP contribution >= 0.6 is 0 Å². The lowest BCUT2D eigenvalue weighted by molar-refractivity contribution is -0.126. The molecule has 134 valence electrons. The maximum Gasteiger partial charge on any atom is 0.260 e. The molecule has 0 spiro atoms. The van der Waals surface area contributed by atoms with Gasteiger partial charge in [-0.2, -0.15) is 4.31 Å². The molecule has 1 atom stereocenters. The molecule has 9 heteroatoms. The number of hydrogen-bond acceptors (Lipinski definition) is 4. The number of H-pyrrole nitrogens is 1. The Kier molecular flexibility index (Phi) is 5.14. The van der Waals surface area contributed by atoms with E-state index in [0.717, 1.165) is 5.56 Å². The monoisotopic (exact) mass is 366 g/mol. The minimum atomic E-state index is -3.66. The Bertz CT molecular complexity index is 822. The molecule has 1 fully saturated rings. The first-order chi connectivity index (χ1) is 12.0. The zero-order valence-corrected chi connectivity index (χ0v) is 14.3. The van der Waals surface area contributed by atoms with Gasteiger partial charge in [0.2, 0.25) is 5.91 Å². The summed E-state index contributed by atoms with van der Waals surface area (Å²) in [6.07, 6.45) is 3.81. The molecule has 1 saturated heterocycles. The van der Waals surface area contributed by atoms with Crippen LogP contribution in [0.5, 0.6) is 0 Å². The first-order valence-corrected chi connectivity index (χ1v) is 9.41. The van der Waals surface area contributed by atoms with Crippen LogP contribution in [0.1, 0.15) is 18.4 Å². The highest BCUT2D eigenvalue weighted by Crippen LogP contribution is 2.22.